The smallest absolute Gasteiger partial charge is 0.315 e. The number of nitrogens with two attached hydrogens (primary N) is 1. The molecule has 0 atom stereocenters. The first-order valence-corrected chi connectivity index (χ1v) is 4.29. The zero-order chi connectivity index (χ0) is 8.43. The lowest BCUT2D eigenvalue weighted by molar-refractivity contribution is 0.211. The number of amides is 2. The number of carbonyl (C=O) groups excluding carboxylic acids is 1. The van der Waals surface area contributed by atoms with E-state index in [2.05, 4.69) is 22.9 Å². The molecule has 0 aliphatic carbocycles. The fourth-order valence-electron chi connectivity index (χ4n) is 1.01. The summed E-state index contributed by atoms with van der Waals surface area (Å²) in [5, 5.41) is 0. The highest BCUT2D eigenvalue weighted by Gasteiger charge is 2.16. The van der Waals surface area contributed by atoms with Gasteiger partial charge in [0.25, 0.3) is 0 Å². The average molecular weight is 219 g/mol. The molecule has 62 valence electrons. The van der Waals surface area contributed by atoms with Crippen LogP contribution in [0.1, 0.15) is 13.3 Å². The van der Waals surface area contributed by atoms with E-state index in [1.165, 1.54) is 5.57 Å². The van der Waals surface area contributed by atoms with E-state index in [1.807, 2.05) is 0 Å². The molecule has 2 N–H and O–H groups in total. The number of urea groups is 1. The number of rotatable bonds is 0. The maximum Gasteiger partial charge on any atom is 0.315 e. The molecule has 1 aliphatic rings. The highest BCUT2D eigenvalue weighted by Crippen LogP contribution is 2.21. The van der Waals surface area contributed by atoms with Crippen LogP contribution in [0.4, 0.5) is 4.79 Å². The molecule has 1 rings (SSSR count). The molecule has 2 amide bonds. The van der Waals surface area contributed by atoms with Crippen LogP contribution in [0, 0.1) is 0 Å². The Morgan fingerprint density at radius 2 is 2.36 bits per heavy atom. The van der Waals surface area contributed by atoms with E-state index < -0.39 is 0 Å². The van der Waals surface area contributed by atoms with Crippen LogP contribution in [0.5, 0.6) is 0 Å². The van der Waals surface area contributed by atoms with Gasteiger partial charge in [-0.3, -0.25) is 0 Å². The van der Waals surface area contributed by atoms with Crippen LogP contribution in [-0.2, 0) is 0 Å². The van der Waals surface area contributed by atoms with Crippen LogP contribution in [-0.4, -0.2) is 24.0 Å². The Labute approximate surface area is 74.4 Å². The van der Waals surface area contributed by atoms with Crippen molar-refractivity contribution in [2.24, 2.45) is 5.73 Å². The van der Waals surface area contributed by atoms with Crippen molar-refractivity contribution < 1.29 is 4.79 Å². The standard InChI is InChI=1S/C7H11BrN2O/c1-5-2-3-10(7(9)11)4-6(5)8/h2-4H2,1H3,(H2,9,11). The Bertz CT molecular complexity index is 212. The van der Waals surface area contributed by atoms with Crippen molar-refractivity contribution in [2.75, 3.05) is 13.1 Å². The molecule has 0 saturated carbocycles. The van der Waals surface area contributed by atoms with Crippen LogP contribution < -0.4 is 5.73 Å². The summed E-state index contributed by atoms with van der Waals surface area (Å²) in [6.45, 7) is 3.43. The second-order valence-corrected chi connectivity index (χ2v) is 3.65. The Kier molecular flexibility index (Phi) is 2.54. The van der Waals surface area contributed by atoms with Crippen LogP contribution in [0.15, 0.2) is 10.1 Å². The van der Waals surface area contributed by atoms with Crippen LogP contribution in [0.3, 0.4) is 0 Å². The van der Waals surface area contributed by atoms with Gasteiger partial charge >= 0.3 is 6.03 Å². The van der Waals surface area contributed by atoms with Gasteiger partial charge in [0, 0.05) is 11.0 Å². The van der Waals surface area contributed by atoms with Crippen LogP contribution in [0.2, 0.25) is 0 Å². The van der Waals surface area contributed by atoms with Gasteiger partial charge in [-0.1, -0.05) is 21.5 Å². The third-order valence-electron chi connectivity index (χ3n) is 1.86. The maximum atomic E-state index is 10.7. The molecule has 1 heterocycles. The van der Waals surface area contributed by atoms with Gasteiger partial charge in [0.1, 0.15) is 0 Å². The molecular weight excluding hydrogens is 208 g/mol. The van der Waals surface area contributed by atoms with E-state index in [9.17, 15) is 4.79 Å². The fourth-order valence-corrected chi connectivity index (χ4v) is 1.51. The van der Waals surface area contributed by atoms with E-state index >= 15 is 0 Å². The summed E-state index contributed by atoms with van der Waals surface area (Å²) < 4.78 is 1.09. The Morgan fingerprint density at radius 3 is 2.82 bits per heavy atom. The topological polar surface area (TPSA) is 46.3 Å². The monoisotopic (exact) mass is 218 g/mol. The SMILES string of the molecule is CC1=C(Br)CN(C(N)=O)CC1. The lowest BCUT2D eigenvalue weighted by Crippen LogP contribution is -2.39. The molecule has 0 radical (unpaired) electrons. The van der Waals surface area contributed by atoms with Crippen molar-refractivity contribution in [3.8, 4) is 0 Å². The lowest BCUT2D eigenvalue weighted by Gasteiger charge is -2.25. The number of hydrogen-bond donors (Lipinski definition) is 1. The van der Waals surface area contributed by atoms with Gasteiger partial charge in [0.15, 0.2) is 0 Å². The summed E-state index contributed by atoms with van der Waals surface area (Å²) >= 11 is 3.39. The highest BCUT2D eigenvalue weighted by molar-refractivity contribution is 9.11. The summed E-state index contributed by atoms with van der Waals surface area (Å²) in [5.74, 6) is 0. The molecule has 0 aromatic rings. The summed E-state index contributed by atoms with van der Waals surface area (Å²) in [5.41, 5.74) is 6.43. The van der Waals surface area contributed by atoms with Gasteiger partial charge in [-0.2, -0.15) is 0 Å². The van der Waals surface area contributed by atoms with Crippen molar-refractivity contribution in [1.82, 2.24) is 4.90 Å². The second kappa shape index (κ2) is 3.26. The first kappa shape index (κ1) is 8.59. The van der Waals surface area contributed by atoms with Gasteiger partial charge in [-0.25, -0.2) is 4.79 Å². The Morgan fingerprint density at radius 1 is 1.73 bits per heavy atom. The van der Waals surface area contributed by atoms with Crippen molar-refractivity contribution in [1.29, 1.82) is 0 Å². The normalized spacial score (nSPS) is 18.9. The highest BCUT2D eigenvalue weighted by atomic mass is 79.9. The molecule has 0 fully saturated rings. The summed E-state index contributed by atoms with van der Waals surface area (Å²) in [6, 6.07) is -0.338. The quantitative estimate of drug-likeness (QED) is 0.658. The molecule has 0 aromatic carbocycles. The van der Waals surface area contributed by atoms with Gasteiger partial charge in [0.2, 0.25) is 0 Å². The van der Waals surface area contributed by atoms with Gasteiger partial charge in [-0.05, 0) is 13.3 Å². The number of primary amides is 1. The van der Waals surface area contributed by atoms with E-state index in [0.717, 1.165) is 17.4 Å². The molecule has 0 saturated heterocycles. The van der Waals surface area contributed by atoms with Crippen molar-refractivity contribution in [3.05, 3.63) is 10.1 Å². The number of halogens is 1. The minimum Gasteiger partial charge on any atom is -0.351 e. The summed E-state index contributed by atoms with van der Waals surface area (Å²) in [6.07, 6.45) is 0.920. The van der Waals surface area contributed by atoms with Gasteiger partial charge in [0.05, 0.1) is 6.54 Å². The van der Waals surface area contributed by atoms with Crippen molar-refractivity contribution in [2.45, 2.75) is 13.3 Å². The third kappa shape index (κ3) is 1.96. The van der Waals surface area contributed by atoms with Crippen LogP contribution in [0.25, 0.3) is 0 Å². The number of carbonyl (C=O) groups is 1. The van der Waals surface area contributed by atoms with Crippen molar-refractivity contribution in [3.63, 3.8) is 0 Å². The second-order valence-electron chi connectivity index (χ2n) is 2.70. The predicted molar refractivity (Wildman–Crippen MR) is 47.4 cm³/mol. The molecule has 0 bridgehead atoms. The minimum absolute atomic E-state index is 0.338. The fraction of sp³-hybridized carbons (Fsp3) is 0.571. The summed E-state index contributed by atoms with van der Waals surface area (Å²) in [7, 11) is 0. The zero-order valence-electron chi connectivity index (χ0n) is 6.43. The molecule has 3 nitrogen and oxygen atoms in total. The van der Waals surface area contributed by atoms with E-state index in [4.69, 9.17) is 5.73 Å². The molecule has 1 aliphatic heterocycles. The Balaban J connectivity index is 2.64. The van der Waals surface area contributed by atoms with E-state index in [-0.39, 0.29) is 6.03 Å². The molecule has 0 aromatic heterocycles. The van der Waals surface area contributed by atoms with Crippen molar-refractivity contribution >= 4 is 22.0 Å². The average Bonchev–Trinajstić information content (AvgIpc) is 1.94. The molecule has 0 spiro atoms. The first-order chi connectivity index (χ1) is 5.11. The third-order valence-corrected chi connectivity index (χ3v) is 2.79. The van der Waals surface area contributed by atoms with E-state index in [0.29, 0.717) is 6.54 Å². The Hall–Kier alpha value is -0.510. The van der Waals surface area contributed by atoms with Gasteiger partial charge < -0.3 is 10.6 Å². The number of hydrogen-bond acceptors (Lipinski definition) is 1. The summed E-state index contributed by atoms with van der Waals surface area (Å²) in [4.78, 5) is 12.3. The lowest BCUT2D eigenvalue weighted by atomic mass is 10.1. The van der Waals surface area contributed by atoms with Crippen LogP contribution >= 0.6 is 15.9 Å². The van der Waals surface area contributed by atoms with E-state index in [1.54, 1.807) is 4.90 Å². The molecular formula is C7H11BrN2O. The van der Waals surface area contributed by atoms with Gasteiger partial charge in [-0.15, -0.1) is 0 Å². The largest absolute Gasteiger partial charge is 0.351 e. The number of nitrogens with zero attached hydrogens (tertiary/aromatic N) is 1. The zero-order valence-corrected chi connectivity index (χ0v) is 8.02. The molecule has 11 heavy (non-hydrogen) atoms. The molecule has 0 unspecified atom stereocenters. The molecule has 4 heteroatoms. The maximum absolute atomic E-state index is 10.7. The predicted octanol–water partition coefficient (Wildman–Crippen LogP) is 1.44. The minimum atomic E-state index is -0.338. The first-order valence-electron chi connectivity index (χ1n) is 3.49.